The Morgan fingerprint density at radius 3 is 2.56 bits per heavy atom. The fourth-order valence-corrected chi connectivity index (χ4v) is 2.07. The lowest BCUT2D eigenvalue weighted by molar-refractivity contribution is 0.628. The molecule has 2 aromatic rings. The number of halogens is 2. The third kappa shape index (κ3) is 2.41. The highest BCUT2D eigenvalue weighted by molar-refractivity contribution is 9.10. The molecule has 1 aromatic carbocycles. The van der Waals surface area contributed by atoms with E-state index in [4.69, 9.17) is 5.84 Å². The first kappa shape index (κ1) is 12.7. The van der Waals surface area contributed by atoms with Crippen LogP contribution in [-0.2, 0) is 0 Å². The Morgan fingerprint density at radius 1 is 1.28 bits per heavy atom. The van der Waals surface area contributed by atoms with E-state index in [0.717, 1.165) is 5.69 Å². The van der Waals surface area contributed by atoms with Gasteiger partial charge in [0.1, 0.15) is 16.6 Å². The quantitative estimate of drug-likeness (QED) is 0.673. The molecule has 0 atom stereocenters. The van der Waals surface area contributed by atoms with Crippen molar-refractivity contribution in [2.75, 3.05) is 17.4 Å². The summed E-state index contributed by atoms with van der Waals surface area (Å²) in [6.45, 7) is 0. The van der Waals surface area contributed by atoms with Crippen LogP contribution in [0.15, 0.2) is 35.1 Å². The normalized spacial score (nSPS) is 10.2. The van der Waals surface area contributed by atoms with Gasteiger partial charge in [-0.2, -0.15) is 0 Å². The Labute approximate surface area is 112 Å². The van der Waals surface area contributed by atoms with Crippen LogP contribution in [0.3, 0.4) is 0 Å². The summed E-state index contributed by atoms with van der Waals surface area (Å²) in [7, 11) is 1.82. The molecule has 5 nitrogen and oxygen atoms in total. The molecule has 0 fully saturated rings. The maximum absolute atomic E-state index is 12.9. The van der Waals surface area contributed by atoms with E-state index in [0.29, 0.717) is 16.1 Å². The molecule has 94 valence electrons. The minimum Gasteiger partial charge on any atom is -0.328 e. The number of nitrogens with two attached hydrogens (primary N) is 1. The second-order valence-electron chi connectivity index (χ2n) is 3.54. The molecule has 7 heteroatoms. The van der Waals surface area contributed by atoms with Crippen molar-refractivity contribution in [3.63, 3.8) is 0 Å². The lowest BCUT2D eigenvalue weighted by atomic mass is 10.3. The van der Waals surface area contributed by atoms with E-state index >= 15 is 0 Å². The van der Waals surface area contributed by atoms with Gasteiger partial charge in [-0.3, -0.25) is 0 Å². The summed E-state index contributed by atoms with van der Waals surface area (Å²) >= 11 is 3.37. The zero-order valence-electron chi connectivity index (χ0n) is 9.56. The monoisotopic (exact) mass is 311 g/mol. The highest BCUT2D eigenvalue weighted by Gasteiger charge is 2.13. The molecule has 1 heterocycles. The first-order valence-electron chi connectivity index (χ1n) is 5.10. The van der Waals surface area contributed by atoms with E-state index in [2.05, 4.69) is 31.3 Å². The number of nitrogens with zero attached hydrogens (tertiary/aromatic N) is 3. The predicted molar refractivity (Wildman–Crippen MR) is 72.0 cm³/mol. The number of benzene rings is 1. The van der Waals surface area contributed by atoms with Crippen LogP contribution in [0, 0.1) is 5.82 Å². The molecule has 0 aliphatic heterocycles. The number of nitrogens with one attached hydrogen (secondary N) is 1. The van der Waals surface area contributed by atoms with Gasteiger partial charge in [0.2, 0.25) is 0 Å². The van der Waals surface area contributed by atoms with Gasteiger partial charge in [-0.25, -0.2) is 20.2 Å². The molecular weight excluding hydrogens is 301 g/mol. The summed E-state index contributed by atoms with van der Waals surface area (Å²) in [6, 6.07) is 6.12. The van der Waals surface area contributed by atoms with Gasteiger partial charge in [0.25, 0.3) is 0 Å². The largest absolute Gasteiger partial charge is 0.328 e. The van der Waals surface area contributed by atoms with E-state index in [-0.39, 0.29) is 5.82 Å². The summed E-state index contributed by atoms with van der Waals surface area (Å²) in [5.74, 6) is 6.17. The Bertz CT molecular complexity index is 546. The molecule has 0 radical (unpaired) electrons. The third-order valence-electron chi connectivity index (χ3n) is 2.44. The maximum Gasteiger partial charge on any atom is 0.159 e. The number of aromatic nitrogens is 2. The van der Waals surface area contributed by atoms with Crippen molar-refractivity contribution in [3.8, 4) is 0 Å². The first-order chi connectivity index (χ1) is 8.63. The number of rotatable bonds is 3. The van der Waals surface area contributed by atoms with Gasteiger partial charge in [0.05, 0.1) is 0 Å². The zero-order valence-corrected chi connectivity index (χ0v) is 11.1. The van der Waals surface area contributed by atoms with E-state index in [1.807, 2.05) is 7.05 Å². The van der Waals surface area contributed by atoms with E-state index in [1.165, 1.54) is 18.5 Å². The molecule has 0 spiro atoms. The fourth-order valence-electron chi connectivity index (χ4n) is 1.48. The van der Waals surface area contributed by atoms with Crippen LogP contribution in [0.2, 0.25) is 0 Å². The summed E-state index contributed by atoms with van der Waals surface area (Å²) in [5, 5.41) is 0. The van der Waals surface area contributed by atoms with Crippen molar-refractivity contribution in [1.29, 1.82) is 0 Å². The minimum absolute atomic E-state index is 0.279. The van der Waals surface area contributed by atoms with Crippen LogP contribution >= 0.6 is 15.9 Å². The van der Waals surface area contributed by atoms with Crippen LogP contribution in [0.1, 0.15) is 0 Å². The van der Waals surface area contributed by atoms with E-state index in [1.54, 1.807) is 17.0 Å². The van der Waals surface area contributed by atoms with Crippen LogP contribution in [0.4, 0.5) is 21.7 Å². The van der Waals surface area contributed by atoms with Crippen molar-refractivity contribution in [2.24, 2.45) is 5.84 Å². The van der Waals surface area contributed by atoms with Crippen molar-refractivity contribution >= 4 is 33.3 Å². The Kier molecular flexibility index (Phi) is 3.73. The molecule has 2 rings (SSSR count). The average molecular weight is 312 g/mol. The topological polar surface area (TPSA) is 67.1 Å². The Balaban J connectivity index is 2.39. The smallest absolute Gasteiger partial charge is 0.159 e. The highest BCUT2D eigenvalue weighted by Crippen LogP contribution is 2.32. The number of anilines is 3. The molecule has 1 aromatic heterocycles. The second-order valence-corrected chi connectivity index (χ2v) is 4.33. The SMILES string of the molecule is CN(c1ccc(F)cc1)c1ncnc(NN)c1Br. The van der Waals surface area contributed by atoms with Crippen molar-refractivity contribution in [3.05, 3.63) is 40.9 Å². The standard InChI is InChI=1S/C11H11BrFN5/c1-18(8-4-2-7(13)3-5-8)11-9(12)10(17-14)15-6-16-11/h2-6H,14H2,1H3,(H,15,16,17). The van der Waals surface area contributed by atoms with Gasteiger partial charge in [-0.15, -0.1) is 0 Å². The maximum atomic E-state index is 12.9. The number of nitrogen functional groups attached to an aromatic ring is 1. The van der Waals surface area contributed by atoms with Crippen molar-refractivity contribution in [2.45, 2.75) is 0 Å². The predicted octanol–water partition coefficient (Wildman–Crippen LogP) is 2.43. The van der Waals surface area contributed by atoms with Crippen LogP contribution in [0.5, 0.6) is 0 Å². The number of hydrazine groups is 1. The Hall–Kier alpha value is -1.73. The summed E-state index contributed by atoms with van der Waals surface area (Å²) in [4.78, 5) is 9.93. The van der Waals surface area contributed by atoms with E-state index < -0.39 is 0 Å². The average Bonchev–Trinajstić information content (AvgIpc) is 2.39. The zero-order chi connectivity index (χ0) is 13.1. The van der Waals surface area contributed by atoms with Crippen molar-refractivity contribution in [1.82, 2.24) is 9.97 Å². The van der Waals surface area contributed by atoms with Crippen LogP contribution < -0.4 is 16.2 Å². The summed E-state index contributed by atoms with van der Waals surface area (Å²) in [6.07, 6.45) is 1.40. The Morgan fingerprint density at radius 2 is 1.94 bits per heavy atom. The number of hydrogen-bond donors (Lipinski definition) is 2. The fraction of sp³-hybridized carbons (Fsp3) is 0.0909. The molecular formula is C11H11BrFN5. The molecule has 0 saturated carbocycles. The first-order valence-corrected chi connectivity index (χ1v) is 5.89. The second kappa shape index (κ2) is 5.28. The van der Waals surface area contributed by atoms with Gasteiger partial charge < -0.3 is 10.3 Å². The molecule has 0 amide bonds. The van der Waals surface area contributed by atoms with Gasteiger partial charge >= 0.3 is 0 Å². The van der Waals surface area contributed by atoms with Gasteiger partial charge in [0, 0.05) is 12.7 Å². The molecule has 0 aliphatic rings. The highest BCUT2D eigenvalue weighted by atomic mass is 79.9. The molecule has 18 heavy (non-hydrogen) atoms. The minimum atomic E-state index is -0.279. The summed E-state index contributed by atoms with van der Waals surface area (Å²) < 4.78 is 13.5. The molecule has 0 saturated heterocycles. The van der Waals surface area contributed by atoms with Crippen LogP contribution in [0.25, 0.3) is 0 Å². The van der Waals surface area contributed by atoms with Crippen LogP contribution in [-0.4, -0.2) is 17.0 Å². The number of hydrogen-bond acceptors (Lipinski definition) is 5. The summed E-state index contributed by atoms with van der Waals surface area (Å²) in [5.41, 5.74) is 3.27. The van der Waals surface area contributed by atoms with Crippen molar-refractivity contribution < 1.29 is 4.39 Å². The van der Waals surface area contributed by atoms with Gasteiger partial charge in [0.15, 0.2) is 11.6 Å². The molecule has 0 unspecified atom stereocenters. The molecule has 0 bridgehead atoms. The lowest BCUT2D eigenvalue weighted by Gasteiger charge is -2.20. The lowest BCUT2D eigenvalue weighted by Crippen LogP contribution is -2.15. The van der Waals surface area contributed by atoms with E-state index in [9.17, 15) is 4.39 Å². The molecule has 3 N–H and O–H groups in total. The van der Waals surface area contributed by atoms with Gasteiger partial charge in [-0.05, 0) is 40.2 Å². The third-order valence-corrected chi connectivity index (χ3v) is 3.17. The molecule has 0 aliphatic carbocycles. The van der Waals surface area contributed by atoms with Gasteiger partial charge in [-0.1, -0.05) is 0 Å².